The maximum absolute atomic E-state index is 13.4. The van der Waals surface area contributed by atoms with Gasteiger partial charge in [0.1, 0.15) is 11.9 Å². The number of rotatable bonds is 3. The van der Waals surface area contributed by atoms with Gasteiger partial charge in [0, 0.05) is 12.1 Å². The van der Waals surface area contributed by atoms with Crippen LogP contribution in [0.25, 0.3) is 0 Å². The van der Waals surface area contributed by atoms with Gasteiger partial charge in [-0.05, 0) is 31.4 Å². The summed E-state index contributed by atoms with van der Waals surface area (Å²) < 4.78 is 18.9. The molecule has 92 valence electrons. The van der Waals surface area contributed by atoms with Gasteiger partial charge in [0.25, 0.3) is 0 Å². The van der Waals surface area contributed by atoms with E-state index in [2.05, 4.69) is 0 Å². The number of aryl methyl sites for hydroxylation is 1. The number of benzene rings is 1. The van der Waals surface area contributed by atoms with Crippen LogP contribution in [-0.4, -0.2) is 24.5 Å². The molecule has 0 aromatic heterocycles. The molecule has 0 aliphatic carbocycles. The summed E-state index contributed by atoms with van der Waals surface area (Å²) in [6.45, 7) is 2.09. The zero-order chi connectivity index (χ0) is 12.4. The predicted octanol–water partition coefficient (Wildman–Crippen LogP) is 1.82. The van der Waals surface area contributed by atoms with E-state index in [0.717, 1.165) is 6.42 Å². The zero-order valence-electron chi connectivity index (χ0n) is 9.78. The Bertz CT molecular complexity index is 433. The molecule has 1 saturated heterocycles. The number of Topliss-reactive ketones (excluding diaryl/α,β-unsaturated/α-hetero) is 1. The molecule has 2 unspecified atom stereocenters. The van der Waals surface area contributed by atoms with Crippen LogP contribution in [0.3, 0.4) is 0 Å². The first-order chi connectivity index (χ1) is 8.11. The van der Waals surface area contributed by atoms with E-state index in [-0.39, 0.29) is 17.7 Å². The van der Waals surface area contributed by atoms with Gasteiger partial charge in [-0.25, -0.2) is 4.39 Å². The number of ether oxygens (including phenoxy) is 1. The van der Waals surface area contributed by atoms with E-state index in [1.54, 1.807) is 19.1 Å². The molecule has 0 spiro atoms. The number of hydrogen-bond acceptors (Lipinski definition) is 3. The SMILES string of the molecule is Cc1ccc(C(=O)C2CCC(CN)O2)cc1F. The van der Waals surface area contributed by atoms with E-state index in [1.807, 2.05) is 0 Å². The van der Waals surface area contributed by atoms with Crippen molar-refractivity contribution >= 4 is 5.78 Å². The fourth-order valence-corrected chi connectivity index (χ4v) is 2.00. The highest BCUT2D eigenvalue weighted by atomic mass is 19.1. The number of carbonyl (C=O) groups is 1. The van der Waals surface area contributed by atoms with Gasteiger partial charge in [-0.1, -0.05) is 12.1 Å². The van der Waals surface area contributed by atoms with Crippen molar-refractivity contribution in [1.29, 1.82) is 0 Å². The van der Waals surface area contributed by atoms with Crippen molar-refractivity contribution in [1.82, 2.24) is 0 Å². The molecule has 0 bridgehead atoms. The molecule has 4 heteroatoms. The molecule has 2 rings (SSSR count). The molecule has 1 aliphatic heterocycles. The van der Waals surface area contributed by atoms with Gasteiger partial charge in [0.15, 0.2) is 5.78 Å². The highest BCUT2D eigenvalue weighted by Crippen LogP contribution is 2.23. The van der Waals surface area contributed by atoms with Crippen molar-refractivity contribution in [2.45, 2.75) is 32.0 Å². The average molecular weight is 237 g/mol. The van der Waals surface area contributed by atoms with Gasteiger partial charge in [-0.15, -0.1) is 0 Å². The van der Waals surface area contributed by atoms with Gasteiger partial charge in [-0.3, -0.25) is 4.79 Å². The van der Waals surface area contributed by atoms with E-state index >= 15 is 0 Å². The summed E-state index contributed by atoms with van der Waals surface area (Å²) in [5, 5.41) is 0. The number of nitrogens with two attached hydrogens (primary N) is 1. The Kier molecular flexibility index (Phi) is 3.54. The van der Waals surface area contributed by atoms with Gasteiger partial charge < -0.3 is 10.5 Å². The van der Waals surface area contributed by atoms with Crippen LogP contribution in [-0.2, 0) is 4.74 Å². The van der Waals surface area contributed by atoms with Crippen LogP contribution in [0.2, 0.25) is 0 Å². The lowest BCUT2D eigenvalue weighted by Crippen LogP contribution is -2.25. The Morgan fingerprint density at radius 1 is 1.53 bits per heavy atom. The van der Waals surface area contributed by atoms with Gasteiger partial charge in [0.2, 0.25) is 0 Å². The Hall–Kier alpha value is -1.26. The summed E-state index contributed by atoms with van der Waals surface area (Å²) >= 11 is 0. The van der Waals surface area contributed by atoms with Crippen LogP contribution >= 0.6 is 0 Å². The molecule has 2 N–H and O–H groups in total. The molecule has 0 radical (unpaired) electrons. The molecule has 1 aromatic rings. The molecular weight excluding hydrogens is 221 g/mol. The Morgan fingerprint density at radius 3 is 2.88 bits per heavy atom. The van der Waals surface area contributed by atoms with Crippen LogP contribution < -0.4 is 5.73 Å². The van der Waals surface area contributed by atoms with Crippen LogP contribution in [0.1, 0.15) is 28.8 Å². The van der Waals surface area contributed by atoms with E-state index < -0.39 is 6.10 Å². The van der Waals surface area contributed by atoms with Gasteiger partial charge in [-0.2, -0.15) is 0 Å². The number of carbonyl (C=O) groups excluding carboxylic acids is 1. The highest BCUT2D eigenvalue weighted by Gasteiger charge is 2.30. The summed E-state index contributed by atoms with van der Waals surface area (Å²) in [6.07, 6.45) is 0.946. The maximum atomic E-state index is 13.4. The van der Waals surface area contributed by atoms with Crippen molar-refractivity contribution in [3.63, 3.8) is 0 Å². The Labute approximate surface area is 99.8 Å². The third kappa shape index (κ3) is 2.53. The van der Waals surface area contributed by atoms with Gasteiger partial charge in [0.05, 0.1) is 6.10 Å². The second-order valence-corrected chi connectivity index (χ2v) is 4.39. The largest absolute Gasteiger partial charge is 0.366 e. The fourth-order valence-electron chi connectivity index (χ4n) is 2.00. The minimum Gasteiger partial charge on any atom is -0.366 e. The minimum absolute atomic E-state index is 0.0424. The lowest BCUT2D eigenvalue weighted by molar-refractivity contribution is 0.0404. The van der Waals surface area contributed by atoms with Crippen LogP contribution in [0.15, 0.2) is 18.2 Å². The minimum atomic E-state index is -0.467. The fraction of sp³-hybridized carbons (Fsp3) is 0.462. The summed E-state index contributed by atoms with van der Waals surface area (Å²) in [4.78, 5) is 12.0. The third-order valence-corrected chi connectivity index (χ3v) is 3.12. The molecule has 0 amide bonds. The summed E-state index contributed by atoms with van der Waals surface area (Å²) in [5.41, 5.74) is 6.39. The molecule has 17 heavy (non-hydrogen) atoms. The summed E-state index contributed by atoms with van der Waals surface area (Å²) in [5.74, 6) is -0.510. The first-order valence-corrected chi connectivity index (χ1v) is 5.77. The molecule has 1 aromatic carbocycles. The monoisotopic (exact) mass is 237 g/mol. The normalized spacial score (nSPS) is 23.9. The number of hydrogen-bond donors (Lipinski definition) is 1. The van der Waals surface area contributed by atoms with Crippen molar-refractivity contribution in [2.24, 2.45) is 5.73 Å². The summed E-state index contributed by atoms with van der Waals surface area (Å²) in [6, 6.07) is 4.52. The summed E-state index contributed by atoms with van der Waals surface area (Å²) in [7, 11) is 0. The van der Waals surface area contributed by atoms with Crippen molar-refractivity contribution < 1.29 is 13.9 Å². The molecule has 2 atom stereocenters. The van der Waals surface area contributed by atoms with E-state index in [9.17, 15) is 9.18 Å². The molecule has 3 nitrogen and oxygen atoms in total. The highest BCUT2D eigenvalue weighted by molar-refractivity contribution is 5.99. The molecule has 1 aliphatic rings. The van der Waals surface area contributed by atoms with E-state index in [0.29, 0.717) is 24.1 Å². The van der Waals surface area contributed by atoms with Crippen LogP contribution in [0.5, 0.6) is 0 Å². The predicted molar refractivity (Wildman–Crippen MR) is 62.4 cm³/mol. The van der Waals surface area contributed by atoms with E-state index in [1.165, 1.54) is 6.07 Å². The Balaban J connectivity index is 2.12. The van der Waals surface area contributed by atoms with Gasteiger partial charge >= 0.3 is 0 Å². The lowest BCUT2D eigenvalue weighted by Gasteiger charge is -2.11. The maximum Gasteiger partial charge on any atom is 0.191 e. The third-order valence-electron chi connectivity index (χ3n) is 3.12. The molecule has 1 heterocycles. The van der Waals surface area contributed by atoms with Crippen molar-refractivity contribution in [2.75, 3.05) is 6.54 Å². The molecular formula is C13H16FNO2. The smallest absolute Gasteiger partial charge is 0.191 e. The molecule has 1 fully saturated rings. The van der Waals surface area contributed by atoms with E-state index in [4.69, 9.17) is 10.5 Å². The lowest BCUT2D eigenvalue weighted by atomic mass is 10.0. The quantitative estimate of drug-likeness (QED) is 0.816. The standard InChI is InChI=1S/C13H16FNO2/c1-8-2-3-9(6-11(8)14)13(16)12-5-4-10(7-15)17-12/h2-3,6,10,12H,4-5,7,15H2,1H3. The first kappa shape index (κ1) is 12.2. The first-order valence-electron chi connectivity index (χ1n) is 5.77. The average Bonchev–Trinajstić information content (AvgIpc) is 2.80. The second-order valence-electron chi connectivity index (χ2n) is 4.39. The van der Waals surface area contributed by atoms with Crippen molar-refractivity contribution in [3.8, 4) is 0 Å². The van der Waals surface area contributed by atoms with Crippen molar-refractivity contribution in [3.05, 3.63) is 35.1 Å². The van der Waals surface area contributed by atoms with Crippen LogP contribution in [0, 0.1) is 12.7 Å². The second kappa shape index (κ2) is 4.94. The Morgan fingerprint density at radius 2 is 2.29 bits per heavy atom. The number of halogens is 1. The molecule has 0 saturated carbocycles. The topological polar surface area (TPSA) is 52.3 Å². The number of ketones is 1. The van der Waals surface area contributed by atoms with Crippen LogP contribution in [0.4, 0.5) is 4.39 Å². The zero-order valence-corrected chi connectivity index (χ0v) is 9.78.